The van der Waals surface area contributed by atoms with E-state index in [1.54, 1.807) is 13.0 Å². The first-order chi connectivity index (χ1) is 14.9. The number of allylic oxidation sites excluding steroid dienone is 1. The van der Waals surface area contributed by atoms with E-state index < -0.39 is 40.1 Å². The Morgan fingerprint density at radius 2 is 1.97 bits per heavy atom. The van der Waals surface area contributed by atoms with E-state index >= 15 is 4.39 Å². The van der Waals surface area contributed by atoms with Gasteiger partial charge in [0.05, 0.1) is 12.0 Å². The number of aliphatic hydroxyl groups is 1. The molecule has 0 spiro atoms. The molecule has 3 saturated carbocycles. The topological polar surface area (TPSA) is 80.7 Å². The molecule has 0 radical (unpaired) electrons. The van der Waals surface area contributed by atoms with Gasteiger partial charge in [0.15, 0.2) is 17.2 Å². The summed E-state index contributed by atoms with van der Waals surface area (Å²) in [4.78, 5) is 37.8. The Kier molecular flexibility index (Phi) is 5.69. The summed E-state index contributed by atoms with van der Waals surface area (Å²) in [5.74, 6) is -2.25. The lowest BCUT2D eigenvalue weighted by Crippen LogP contribution is -2.70. The first kappa shape index (κ1) is 23.9. The fourth-order valence-corrected chi connectivity index (χ4v) is 8.31. The molecule has 0 saturated heterocycles. The molecule has 0 unspecified atom stereocenters. The fourth-order valence-electron chi connectivity index (χ4n) is 8.11. The van der Waals surface area contributed by atoms with Crippen molar-refractivity contribution >= 4 is 29.1 Å². The van der Waals surface area contributed by atoms with Gasteiger partial charge in [0, 0.05) is 35.5 Å². The van der Waals surface area contributed by atoms with Crippen LogP contribution in [0.25, 0.3) is 0 Å². The number of Topliss-reactive ketones (excluding diaryl/α,β-unsaturated/α-hetero) is 1. The van der Waals surface area contributed by atoms with Crippen molar-refractivity contribution in [1.82, 2.24) is 0 Å². The Morgan fingerprint density at radius 3 is 2.59 bits per heavy atom. The standard InChI is InChI=1S/C25H34ClFO5/c1-5-21(31)32-25(20(30)13-26)14(2)10-18-17-7-6-15-11-16(28)8-9-22(15,3)24(17,27)19(29)12-23(18,25)4/h11,14,17-19,29H,5-10,12-13H2,1-4H3/t14-,17+,18+,19+,22+,23+,24+,25-/m1/s1. The van der Waals surface area contributed by atoms with Crippen LogP contribution >= 0.6 is 11.6 Å². The van der Waals surface area contributed by atoms with Crippen molar-refractivity contribution < 1.29 is 28.6 Å². The lowest BCUT2D eigenvalue weighted by atomic mass is 9.43. The van der Waals surface area contributed by atoms with Crippen LogP contribution in [0.3, 0.4) is 0 Å². The minimum absolute atomic E-state index is 0.00540. The summed E-state index contributed by atoms with van der Waals surface area (Å²) in [6.07, 6.45) is 2.61. The lowest BCUT2D eigenvalue weighted by Gasteiger charge is -2.63. The Bertz CT molecular complexity index is 888. The van der Waals surface area contributed by atoms with E-state index in [4.69, 9.17) is 16.3 Å². The van der Waals surface area contributed by atoms with Crippen LogP contribution in [0.1, 0.15) is 72.6 Å². The summed E-state index contributed by atoms with van der Waals surface area (Å²) in [7, 11) is 0. The molecule has 0 aromatic heterocycles. The van der Waals surface area contributed by atoms with Gasteiger partial charge in [0.25, 0.3) is 0 Å². The second-order valence-corrected chi connectivity index (χ2v) is 11.1. The predicted octanol–water partition coefficient (Wildman–Crippen LogP) is 4.33. The quantitative estimate of drug-likeness (QED) is 0.490. The summed E-state index contributed by atoms with van der Waals surface area (Å²) in [5.41, 5.74) is -4.44. The number of aliphatic hydroxyl groups excluding tert-OH is 1. The first-order valence-electron chi connectivity index (χ1n) is 11.8. The maximum Gasteiger partial charge on any atom is 0.306 e. The number of fused-ring (bicyclic) bond motifs is 5. The third-order valence-electron chi connectivity index (χ3n) is 9.68. The molecule has 0 aromatic carbocycles. The zero-order chi connectivity index (χ0) is 23.7. The van der Waals surface area contributed by atoms with Crippen LogP contribution in [0.15, 0.2) is 11.6 Å². The molecule has 4 aliphatic carbocycles. The number of carbonyl (C=O) groups excluding carboxylic acids is 3. The molecule has 1 N–H and O–H groups in total. The summed E-state index contributed by atoms with van der Waals surface area (Å²) in [6, 6.07) is 0. The van der Waals surface area contributed by atoms with E-state index in [1.807, 2.05) is 20.8 Å². The Balaban J connectivity index is 1.84. The van der Waals surface area contributed by atoms with Gasteiger partial charge in [-0.15, -0.1) is 11.6 Å². The summed E-state index contributed by atoms with van der Waals surface area (Å²) in [5, 5.41) is 11.4. The Labute approximate surface area is 194 Å². The van der Waals surface area contributed by atoms with Gasteiger partial charge in [-0.05, 0) is 44.1 Å². The van der Waals surface area contributed by atoms with Crippen molar-refractivity contribution in [1.29, 1.82) is 0 Å². The van der Waals surface area contributed by atoms with Crippen molar-refractivity contribution in [3.05, 3.63) is 11.6 Å². The molecular weight excluding hydrogens is 435 g/mol. The average molecular weight is 469 g/mol. The number of hydrogen-bond acceptors (Lipinski definition) is 5. The van der Waals surface area contributed by atoms with Gasteiger partial charge in [-0.25, -0.2) is 4.39 Å². The van der Waals surface area contributed by atoms with Gasteiger partial charge in [0.2, 0.25) is 0 Å². The number of esters is 1. The van der Waals surface area contributed by atoms with Gasteiger partial charge in [-0.3, -0.25) is 14.4 Å². The van der Waals surface area contributed by atoms with Crippen molar-refractivity contribution in [3.8, 4) is 0 Å². The number of alkyl halides is 2. The molecule has 8 atom stereocenters. The molecule has 5 nitrogen and oxygen atoms in total. The summed E-state index contributed by atoms with van der Waals surface area (Å²) in [6.45, 7) is 7.26. The highest BCUT2D eigenvalue weighted by molar-refractivity contribution is 6.29. The summed E-state index contributed by atoms with van der Waals surface area (Å²) >= 11 is 6.02. The van der Waals surface area contributed by atoms with Gasteiger partial charge < -0.3 is 9.84 Å². The van der Waals surface area contributed by atoms with Gasteiger partial charge >= 0.3 is 5.97 Å². The molecule has 32 heavy (non-hydrogen) atoms. The monoisotopic (exact) mass is 468 g/mol. The summed E-state index contributed by atoms with van der Waals surface area (Å²) < 4.78 is 23.2. The van der Waals surface area contributed by atoms with Gasteiger partial charge in [-0.1, -0.05) is 33.3 Å². The third kappa shape index (κ3) is 2.74. The first-order valence-corrected chi connectivity index (χ1v) is 12.4. The smallest absolute Gasteiger partial charge is 0.306 e. The molecule has 3 fully saturated rings. The van der Waals surface area contributed by atoms with Crippen molar-refractivity contribution in [2.75, 3.05) is 5.88 Å². The maximum atomic E-state index is 17.2. The van der Waals surface area contributed by atoms with Crippen molar-refractivity contribution in [2.45, 2.75) is 90.0 Å². The maximum absolute atomic E-state index is 17.2. The predicted molar refractivity (Wildman–Crippen MR) is 118 cm³/mol. The largest absolute Gasteiger partial charge is 0.450 e. The Morgan fingerprint density at radius 1 is 1.28 bits per heavy atom. The van der Waals surface area contributed by atoms with E-state index in [0.717, 1.165) is 5.57 Å². The number of carbonyl (C=O) groups is 3. The van der Waals surface area contributed by atoms with Crippen LogP contribution in [-0.4, -0.2) is 45.9 Å². The number of rotatable bonds is 4. The SMILES string of the molecule is CCC(=O)O[C@@]1(C(=O)CCl)[C@H](C)C[C@H]2[C@@H]3CCC4=CC(=O)CC[C@]4(C)[C@@]3(F)[C@@H](O)C[C@@]21C. The minimum Gasteiger partial charge on any atom is -0.450 e. The van der Waals surface area contributed by atoms with Crippen LogP contribution in [0.4, 0.5) is 4.39 Å². The highest BCUT2D eigenvalue weighted by Gasteiger charge is 2.77. The number of ketones is 2. The lowest BCUT2D eigenvalue weighted by molar-refractivity contribution is -0.234. The molecular formula is C25H34ClFO5. The second kappa shape index (κ2) is 7.63. The van der Waals surface area contributed by atoms with Gasteiger partial charge in [0.1, 0.15) is 5.67 Å². The minimum atomic E-state index is -1.91. The van der Waals surface area contributed by atoms with Crippen molar-refractivity contribution in [3.63, 3.8) is 0 Å². The van der Waals surface area contributed by atoms with Crippen LogP contribution in [0.2, 0.25) is 0 Å². The van der Waals surface area contributed by atoms with Gasteiger partial charge in [-0.2, -0.15) is 0 Å². The number of hydrogen-bond donors (Lipinski definition) is 1. The van der Waals surface area contributed by atoms with E-state index in [2.05, 4.69) is 0 Å². The number of halogens is 2. The fraction of sp³-hybridized carbons (Fsp3) is 0.800. The molecule has 4 aliphatic rings. The molecule has 0 bridgehead atoms. The average Bonchev–Trinajstić information content (AvgIpc) is 2.96. The van der Waals surface area contributed by atoms with E-state index in [0.29, 0.717) is 25.7 Å². The molecule has 0 aromatic rings. The zero-order valence-electron chi connectivity index (χ0n) is 19.4. The normalized spacial score (nSPS) is 47.7. The molecule has 7 heteroatoms. The van der Waals surface area contributed by atoms with Crippen LogP contribution in [0.5, 0.6) is 0 Å². The zero-order valence-corrected chi connectivity index (χ0v) is 20.1. The second-order valence-electron chi connectivity index (χ2n) is 10.9. The van der Waals surface area contributed by atoms with E-state index in [1.165, 1.54) is 0 Å². The Hall–Kier alpha value is -1.27. The highest BCUT2D eigenvalue weighted by atomic mass is 35.5. The highest BCUT2D eigenvalue weighted by Crippen LogP contribution is 2.72. The molecule has 0 aliphatic heterocycles. The van der Waals surface area contributed by atoms with E-state index in [-0.39, 0.29) is 48.5 Å². The molecule has 178 valence electrons. The van der Waals surface area contributed by atoms with Crippen LogP contribution < -0.4 is 0 Å². The van der Waals surface area contributed by atoms with Crippen LogP contribution in [0, 0.1) is 28.6 Å². The molecule has 0 heterocycles. The third-order valence-corrected chi connectivity index (χ3v) is 9.92. The van der Waals surface area contributed by atoms with E-state index in [9.17, 15) is 19.5 Å². The molecule has 0 amide bonds. The number of ether oxygens (including phenoxy) is 1. The molecule has 4 rings (SSSR count). The van der Waals surface area contributed by atoms with Crippen LogP contribution in [-0.2, 0) is 19.1 Å². The van der Waals surface area contributed by atoms with Crippen molar-refractivity contribution in [2.24, 2.45) is 28.6 Å².